The van der Waals surface area contributed by atoms with Gasteiger partial charge >= 0.3 is 0 Å². The number of rotatable bonds is 13. The number of likely N-dealkylation sites (tertiary alicyclic amines) is 1. The quantitative estimate of drug-likeness (QED) is 0.216. The molecule has 1 fully saturated rings. The minimum Gasteiger partial charge on any atom is -0.388 e. The number of hydrogen-bond acceptors (Lipinski definition) is 4. The lowest BCUT2D eigenvalue weighted by molar-refractivity contribution is -0.123. The number of unbranched alkanes of at least 4 members (excludes halogenated alkanes) is 1. The minimum atomic E-state index is -0.692. The van der Waals surface area contributed by atoms with Crippen LogP contribution in [0.2, 0.25) is 0 Å². The van der Waals surface area contributed by atoms with E-state index in [0.717, 1.165) is 90.0 Å². The summed E-state index contributed by atoms with van der Waals surface area (Å²) < 4.78 is 0. The predicted octanol–water partition coefficient (Wildman–Crippen LogP) is 1.85. The molecule has 0 aromatic heterocycles. The van der Waals surface area contributed by atoms with Crippen LogP contribution >= 0.6 is 0 Å². The SMILES string of the molecule is CCCC(O)(CCC)CN=C(NCC)NCCCCN1CCC(C(N)=O)CC1. The van der Waals surface area contributed by atoms with E-state index in [1.165, 1.54) is 0 Å². The fraction of sp³-hybridized carbons (Fsp3) is 0.905. The largest absolute Gasteiger partial charge is 0.388 e. The second-order valence-corrected chi connectivity index (χ2v) is 8.07. The molecular formula is C21H43N5O2. The van der Waals surface area contributed by atoms with Crippen LogP contribution in [-0.2, 0) is 4.79 Å². The van der Waals surface area contributed by atoms with Crippen molar-refractivity contribution in [2.75, 3.05) is 39.3 Å². The molecule has 0 spiro atoms. The lowest BCUT2D eigenvalue weighted by Crippen LogP contribution is -2.41. The van der Waals surface area contributed by atoms with Crippen LogP contribution < -0.4 is 16.4 Å². The fourth-order valence-corrected chi connectivity index (χ4v) is 3.89. The second-order valence-electron chi connectivity index (χ2n) is 8.07. The topological polar surface area (TPSA) is 103 Å². The molecule has 0 aromatic rings. The number of aliphatic imine (C=N–C) groups is 1. The van der Waals surface area contributed by atoms with Gasteiger partial charge in [0.25, 0.3) is 0 Å². The summed E-state index contributed by atoms with van der Waals surface area (Å²) in [6.45, 7) is 11.4. The Morgan fingerprint density at radius 2 is 1.79 bits per heavy atom. The molecule has 5 N–H and O–H groups in total. The first kappa shape index (κ1) is 24.7. The summed E-state index contributed by atoms with van der Waals surface area (Å²) >= 11 is 0. The van der Waals surface area contributed by atoms with Crippen LogP contribution in [0.3, 0.4) is 0 Å². The van der Waals surface area contributed by atoms with E-state index in [4.69, 9.17) is 5.73 Å². The van der Waals surface area contributed by atoms with Crippen LogP contribution in [-0.4, -0.2) is 66.7 Å². The van der Waals surface area contributed by atoms with E-state index >= 15 is 0 Å². The van der Waals surface area contributed by atoms with Crippen molar-refractivity contribution in [2.24, 2.45) is 16.6 Å². The number of nitrogens with zero attached hydrogens (tertiary/aromatic N) is 2. The highest BCUT2D eigenvalue weighted by atomic mass is 16.3. The Bertz CT molecular complexity index is 456. The summed E-state index contributed by atoms with van der Waals surface area (Å²) in [5.41, 5.74) is 4.70. The van der Waals surface area contributed by atoms with Crippen molar-refractivity contribution in [3.8, 4) is 0 Å². The van der Waals surface area contributed by atoms with E-state index in [-0.39, 0.29) is 11.8 Å². The third kappa shape index (κ3) is 9.73. The number of carbonyl (C=O) groups excluding carboxylic acids is 1. The number of hydrogen-bond donors (Lipinski definition) is 4. The average Bonchev–Trinajstić information content (AvgIpc) is 2.66. The lowest BCUT2D eigenvalue weighted by Gasteiger charge is -2.30. The molecule has 0 aromatic carbocycles. The van der Waals surface area contributed by atoms with Gasteiger partial charge in [0.1, 0.15) is 0 Å². The molecule has 7 nitrogen and oxygen atoms in total. The molecule has 0 saturated carbocycles. The Labute approximate surface area is 171 Å². The summed E-state index contributed by atoms with van der Waals surface area (Å²) in [6.07, 6.45) is 7.47. The smallest absolute Gasteiger partial charge is 0.220 e. The van der Waals surface area contributed by atoms with Crippen molar-refractivity contribution in [3.05, 3.63) is 0 Å². The number of aliphatic hydroxyl groups is 1. The molecule has 164 valence electrons. The lowest BCUT2D eigenvalue weighted by atomic mass is 9.93. The van der Waals surface area contributed by atoms with Gasteiger partial charge in [0, 0.05) is 19.0 Å². The third-order valence-electron chi connectivity index (χ3n) is 5.49. The Morgan fingerprint density at radius 1 is 1.14 bits per heavy atom. The van der Waals surface area contributed by atoms with E-state index in [0.29, 0.717) is 6.54 Å². The normalized spacial score (nSPS) is 16.9. The molecule has 0 unspecified atom stereocenters. The molecule has 1 amide bonds. The van der Waals surface area contributed by atoms with Gasteiger partial charge in [0.2, 0.25) is 5.91 Å². The Kier molecular flexibility index (Phi) is 12.1. The van der Waals surface area contributed by atoms with E-state index in [2.05, 4.69) is 41.3 Å². The van der Waals surface area contributed by atoms with Crippen LogP contribution in [0.1, 0.15) is 72.1 Å². The van der Waals surface area contributed by atoms with Gasteiger partial charge < -0.3 is 26.4 Å². The Balaban J connectivity index is 2.30. The van der Waals surface area contributed by atoms with E-state index in [1.807, 2.05) is 0 Å². The van der Waals surface area contributed by atoms with Gasteiger partial charge in [0.05, 0.1) is 12.1 Å². The molecule has 1 aliphatic rings. The maximum Gasteiger partial charge on any atom is 0.220 e. The molecule has 1 heterocycles. The van der Waals surface area contributed by atoms with Gasteiger partial charge in [-0.3, -0.25) is 9.79 Å². The number of guanidine groups is 1. The zero-order valence-corrected chi connectivity index (χ0v) is 18.3. The van der Waals surface area contributed by atoms with Crippen LogP contribution in [0.4, 0.5) is 0 Å². The molecule has 1 rings (SSSR count). The van der Waals surface area contributed by atoms with E-state index in [1.54, 1.807) is 0 Å². The molecule has 1 saturated heterocycles. The summed E-state index contributed by atoms with van der Waals surface area (Å²) in [5, 5.41) is 17.4. The summed E-state index contributed by atoms with van der Waals surface area (Å²) in [5.74, 6) is 0.704. The first-order valence-electron chi connectivity index (χ1n) is 11.2. The zero-order chi connectivity index (χ0) is 20.8. The average molecular weight is 398 g/mol. The van der Waals surface area contributed by atoms with Crippen LogP contribution in [0.5, 0.6) is 0 Å². The molecule has 1 aliphatic heterocycles. The molecule has 0 atom stereocenters. The van der Waals surface area contributed by atoms with Crippen LogP contribution in [0, 0.1) is 5.92 Å². The van der Waals surface area contributed by atoms with Crippen molar-refractivity contribution in [2.45, 2.75) is 77.7 Å². The third-order valence-corrected chi connectivity index (χ3v) is 5.49. The molecule has 0 aliphatic carbocycles. The summed E-state index contributed by atoms with van der Waals surface area (Å²) in [4.78, 5) is 18.3. The number of piperidine rings is 1. The minimum absolute atomic E-state index is 0.0656. The molecule has 0 bridgehead atoms. The monoisotopic (exact) mass is 397 g/mol. The van der Waals surface area contributed by atoms with Crippen molar-refractivity contribution >= 4 is 11.9 Å². The Hall–Kier alpha value is -1.34. The number of amides is 1. The number of carbonyl (C=O) groups is 1. The van der Waals surface area contributed by atoms with E-state index < -0.39 is 5.60 Å². The number of nitrogens with one attached hydrogen (secondary N) is 2. The van der Waals surface area contributed by atoms with Gasteiger partial charge in [-0.05, 0) is 65.1 Å². The standard InChI is InChI=1S/C21H43N5O2/c1-4-11-21(28,12-5-2)17-25-20(23-6-3)24-13-7-8-14-26-15-9-18(10-16-26)19(22)27/h18,28H,4-17H2,1-3H3,(H2,22,27)(H2,23,24,25). The second kappa shape index (κ2) is 13.8. The van der Waals surface area contributed by atoms with Crippen LogP contribution in [0.25, 0.3) is 0 Å². The van der Waals surface area contributed by atoms with Gasteiger partial charge in [0.15, 0.2) is 5.96 Å². The first-order valence-corrected chi connectivity index (χ1v) is 11.2. The predicted molar refractivity (Wildman–Crippen MR) is 116 cm³/mol. The maximum absolute atomic E-state index is 11.2. The number of primary amides is 1. The molecular weight excluding hydrogens is 354 g/mol. The summed E-state index contributed by atoms with van der Waals surface area (Å²) in [6, 6.07) is 0. The number of nitrogens with two attached hydrogens (primary N) is 1. The Morgan fingerprint density at radius 3 is 2.32 bits per heavy atom. The van der Waals surface area contributed by atoms with Gasteiger partial charge in [-0.25, -0.2) is 0 Å². The van der Waals surface area contributed by atoms with Crippen molar-refractivity contribution in [1.82, 2.24) is 15.5 Å². The van der Waals surface area contributed by atoms with Gasteiger partial charge in [-0.2, -0.15) is 0 Å². The summed E-state index contributed by atoms with van der Waals surface area (Å²) in [7, 11) is 0. The highest BCUT2D eigenvalue weighted by molar-refractivity contribution is 5.79. The molecule has 0 radical (unpaired) electrons. The highest BCUT2D eigenvalue weighted by Crippen LogP contribution is 2.20. The van der Waals surface area contributed by atoms with Crippen molar-refractivity contribution in [1.29, 1.82) is 0 Å². The molecule has 28 heavy (non-hydrogen) atoms. The zero-order valence-electron chi connectivity index (χ0n) is 18.3. The van der Waals surface area contributed by atoms with Gasteiger partial charge in [-0.1, -0.05) is 26.7 Å². The highest BCUT2D eigenvalue weighted by Gasteiger charge is 2.24. The van der Waals surface area contributed by atoms with Crippen molar-refractivity contribution in [3.63, 3.8) is 0 Å². The fourth-order valence-electron chi connectivity index (χ4n) is 3.89. The van der Waals surface area contributed by atoms with Gasteiger partial charge in [-0.15, -0.1) is 0 Å². The van der Waals surface area contributed by atoms with Crippen LogP contribution in [0.15, 0.2) is 4.99 Å². The molecule has 7 heteroatoms. The van der Waals surface area contributed by atoms with E-state index in [9.17, 15) is 9.90 Å². The maximum atomic E-state index is 11.2. The van der Waals surface area contributed by atoms with Crippen molar-refractivity contribution < 1.29 is 9.90 Å². The first-order chi connectivity index (χ1) is 13.4.